The van der Waals surface area contributed by atoms with Crippen molar-refractivity contribution in [3.63, 3.8) is 0 Å². The molecular weight excluding hydrogens is 354 g/mol. The van der Waals surface area contributed by atoms with E-state index in [1.807, 2.05) is 30.3 Å². The average Bonchev–Trinajstić information content (AvgIpc) is 3.35. The molecule has 1 aliphatic carbocycles. The lowest BCUT2D eigenvalue weighted by molar-refractivity contribution is -0.116. The molecule has 0 radical (unpaired) electrons. The number of nitrogens with zero attached hydrogens (tertiary/aromatic N) is 4. The van der Waals surface area contributed by atoms with Crippen molar-refractivity contribution in [2.45, 2.75) is 44.6 Å². The van der Waals surface area contributed by atoms with E-state index in [1.54, 1.807) is 24.5 Å². The van der Waals surface area contributed by atoms with Crippen LogP contribution in [0.1, 0.15) is 44.3 Å². The Balaban J connectivity index is 1.67. The average molecular weight is 377 g/mol. The van der Waals surface area contributed by atoms with Crippen molar-refractivity contribution in [1.29, 1.82) is 0 Å². The van der Waals surface area contributed by atoms with Gasteiger partial charge in [0.05, 0.1) is 6.26 Å². The first kappa shape index (κ1) is 18.2. The van der Waals surface area contributed by atoms with Crippen LogP contribution in [0.15, 0.2) is 53.1 Å². The largest absolute Gasteiger partial charge is 0.465 e. The fraction of sp³-hybridized carbons (Fsp3) is 0.333. The van der Waals surface area contributed by atoms with Crippen molar-refractivity contribution >= 4 is 17.7 Å². The molecule has 28 heavy (non-hydrogen) atoms. The maximum Gasteiger partial charge on any atom is 0.270 e. The predicted octanol–water partition coefficient (Wildman–Crippen LogP) is 3.77. The quantitative estimate of drug-likeness (QED) is 0.540. The van der Waals surface area contributed by atoms with Crippen LogP contribution in [0.2, 0.25) is 0 Å². The molecule has 1 aliphatic rings. The number of furan rings is 1. The molecule has 1 N–H and O–H groups in total. The van der Waals surface area contributed by atoms with Gasteiger partial charge in [-0.3, -0.25) is 4.79 Å². The minimum absolute atomic E-state index is 0.173. The van der Waals surface area contributed by atoms with E-state index in [1.165, 1.54) is 17.5 Å². The zero-order valence-corrected chi connectivity index (χ0v) is 15.6. The van der Waals surface area contributed by atoms with Gasteiger partial charge >= 0.3 is 0 Å². The summed E-state index contributed by atoms with van der Waals surface area (Å²) < 4.78 is 6.91. The monoisotopic (exact) mass is 377 g/mol. The number of carbonyl (C=O) groups excluding carboxylic acids is 1. The Bertz CT molecular complexity index is 923. The summed E-state index contributed by atoms with van der Waals surface area (Å²) in [7, 11) is 0. The van der Waals surface area contributed by atoms with E-state index in [2.05, 4.69) is 20.8 Å². The summed E-state index contributed by atoms with van der Waals surface area (Å²) in [5.41, 5.74) is 1.17. The molecule has 1 saturated carbocycles. The number of nitrogens with one attached hydrogen (secondary N) is 1. The zero-order valence-electron chi connectivity index (χ0n) is 15.6. The molecule has 4 rings (SSSR count). The van der Waals surface area contributed by atoms with E-state index < -0.39 is 0 Å². The lowest BCUT2D eigenvalue weighted by atomic mass is 10.1. The number of rotatable bonds is 5. The van der Waals surface area contributed by atoms with E-state index in [9.17, 15) is 4.79 Å². The molecule has 0 unspecified atom stereocenters. The molecule has 7 nitrogen and oxygen atoms in total. The van der Waals surface area contributed by atoms with Crippen molar-refractivity contribution in [3.8, 4) is 11.4 Å². The van der Waals surface area contributed by atoms with Gasteiger partial charge in [0.25, 0.3) is 5.91 Å². The van der Waals surface area contributed by atoms with Crippen LogP contribution in [-0.2, 0) is 4.79 Å². The minimum atomic E-state index is -0.201. The van der Waals surface area contributed by atoms with Gasteiger partial charge in [-0.1, -0.05) is 56.0 Å². The topological polar surface area (TPSA) is 85.8 Å². The number of carbonyl (C=O) groups is 1. The second kappa shape index (κ2) is 8.65. The molecule has 2 aromatic heterocycles. The molecular formula is C21H23N5O2. The SMILES string of the molecule is O=C(NC1CCCCCC1)/C(=C/c1ccco1)n1nnnc1-c1ccccc1. The second-order valence-electron chi connectivity index (χ2n) is 6.99. The van der Waals surface area contributed by atoms with Crippen LogP contribution in [0.5, 0.6) is 0 Å². The van der Waals surface area contributed by atoms with Crippen LogP contribution in [0.25, 0.3) is 23.2 Å². The standard InChI is InChI=1S/C21H23N5O2/c27-21(22-17-11-6-1-2-7-12-17)19(15-18-13-8-14-28-18)26-20(23-24-25-26)16-9-4-3-5-10-16/h3-5,8-10,13-15,17H,1-2,6-7,11-12H2,(H,22,27)/b19-15-. The highest BCUT2D eigenvalue weighted by Gasteiger charge is 2.22. The number of hydrogen-bond donors (Lipinski definition) is 1. The molecule has 0 atom stereocenters. The number of tetrazole rings is 1. The third kappa shape index (κ3) is 4.19. The summed E-state index contributed by atoms with van der Waals surface area (Å²) in [6.07, 6.45) is 9.99. The molecule has 2 heterocycles. The smallest absolute Gasteiger partial charge is 0.270 e. The first-order valence-corrected chi connectivity index (χ1v) is 9.71. The molecule has 1 aromatic carbocycles. The third-order valence-corrected chi connectivity index (χ3v) is 4.97. The van der Waals surface area contributed by atoms with Gasteiger partial charge in [-0.2, -0.15) is 4.68 Å². The fourth-order valence-corrected chi connectivity index (χ4v) is 3.53. The summed E-state index contributed by atoms with van der Waals surface area (Å²) >= 11 is 0. The van der Waals surface area contributed by atoms with Crippen molar-refractivity contribution < 1.29 is 9.21 Å². The maximum atomic E-state index is 13.2. The molecule has 0 aliphatic heterocycles. The van der Waals surface area contributed by atoms with E-state index in [4.69, 9.17) is 4.42 Å². The Kier molecular flexibility index (Phi) is 5.61. The summed E-state index contributed by atoms with van der Waals surface area (Å²) in [5, 5.41) is 15.2. The number of aromatic nitrogens is 4. The number of benzene rings is 1. The van der Waals surface area contributed by atoms with E-state index in [0.717, 1.165) is 31.2 Å². The van der Waals surface area contributed by atoms with Crippen LogP contribution in [0.3, 0.4) is 0 Å². The van der Waals surface area contributed by atoms with Gasteiger partial charge in [0, 0.05) is 17.7 Å². The molecule has 3 aromatic rings. The maximum absolute atomic E-state index is 13.2. The predicted molar refractivity (Wildman–Crippen MR) is 106 cm³/mol. The number of hydrogen-bond acceptors (Lipinski definition) is 5. The van der Waals surface area contributed by atoms with Gasteiger partial charge in [-0.25, -0.2) is 0 Å². The van der Waals surface area contributed by atoms with Crippen LogP contribution in [0.4, 0.5) is 0 Å². The summed E-state index contributed by atoms with van der Waals surface area (Å²) in [4.78, 5) is 13.2. The summed E-state index contributed by atoms with van der Waals surface area (Å²) in [6.45, 7) is 0. The third-order valence-electron chi connectivity index (χ3n) is 4.97. The molecule has 0 saturated heterocycles. The fourth-order valence-electron chi connectivity index (χ4n) is 3.53. The van der Waals surface area contributed by atoms with E-state index in [-0.39, 0.29) is 11.9 Å². The Morgan fingerprint density at radius 3 is 2.57 bits per heavy atom. The molecule has 0 bridgehead atoms. The molecule has 1 fully saturated rings. The highest BCUT2D eigenvalue weighted by Crippen LogP contribution is 2.22. The Hall–Kier alpha value is -3.22. The van der Waals surface area contributed by atoms with Gasteiger partial charge < -0.3 is 9.73 Å². The lowest BCUT2D eigenvalue weighted by Crippen LogP contribution is -2.36. The summed E-state index contributed by atoms with van der Waals surface area (Å²) in [6, 6.07) is 13.3. The first-order valence-electron chi connectivity index (χ1n) is 9.71. The normalized spacial score (nSPS) is 15.9. The summed E-state index contributed by atoms with van der Waals surface area (Å²) in [5.74, 6) is 0.878. The van der Waals surface area contributed by atoms with Gasteiger partial charge in [-0.15, -0.1) is 5.10 Å². The van der Waals surface area contributed by atoms with Gasteiger partial charge in [-0.05, 0) is 35.4 Å². The number of amides is 1. The van der Waals surface area contributed by atoms with E-state index in [0.29, 0.717) is 17.3 Å². The van der Waals surface area contributed by atoms with Crippen LogP contribution >= 0.6 is 0 Å². The molecule has 7 heteroatoms. The molecule has 144 valence electrons. The van der Waals surface area contributed by atoms with Crippen molar-refractivity contribution in [2.75, 3.05) is 0 Å². The van der Waals surface area contributed by atoms with Gasteiger partial charge in [0.15, 0.2) is 5.82 Å². The Morgan fingerprint density at radius 1 is 1.07 bits per heavy atom. The van der Waals surface area contributed by atoms with Gasteiger partial charge in [0.2, 0.25) is 0 Å². The zero-order chi connectivity index (χ0) is 19.2. The minimum Gasteiger partial charge on any atom is -0.465 e. The van der Waals surface area contributed by atoms with Crippen molar-refractivity contribution in [2.24, 2.45) is 0 Å². The van der Waals surface area contributed by atoms with Crippen molar-refractivity contribution in [3.05, 3.63) is 54.5 Å². The van der Waals surface area contributed by atoms with E-state index >= 15 is 0 Å². The van der Waals surface area contributed by atoms with Crippen LogP contribution < -0.4 is 5.32 Å². The molecule has 0 spiro atoms. The Morgan fingerprint density at radius 2 is 1.86 bits per heavy atom. The molecule has 1 amide bonds. The lowest BCUT2D eigenvalue weighted by Gasteiger charge is -2.17. The van der Waals surface area contributed by atoms with Crippen molar-refractivity contribution in [1.82, 2.24) is 25.5 Å². The van der Waals surface area contributed by atoms with Crippen LogP contribution in [-0.4, -0.2) is 32.2 Å². The van der Waals surface area contributed by atoms with Crippen LogP contribution in [0, 0.1) is 0 Å². The first-order chi connectivity index (χ1) is 13.8. The highest BCUT2D eigenvalue weighted by molar-refractivity contribution is 6.18. The Labute approximate surface area is 163 Å². The highest BCUT2D eigenvalue weighted by atomic mass is 16.3. The second-order valence-corrected chi connectivity index (χ2v) is 6.99. The van der Waals surface area contributed by atoms with Gasteiger partial charge in [0.1, 0.15) is 11.5 Å².